The fourth-order valence-electron chi connectivity index (χ4n) is 2.18. The van der Waals surface area contributed by atoms with Crippen LogP contribution in [0.15, 0.2) is 60.7 Å². The second kappa shape index (κ2) is 7.28. The Balaban J connectivity index is 2.12. The summed E-state index contributed by atoms with van der Waals surface area (Å²) in [7, 11) is -1.87. The summed E-state index contributed by atoms with van der Waals surface area (Å²) in [5, 5.41) is 0. The molecule has 0 fully saturated rings. The van der Waals surface area contributed by atoms with E-state index in [0.29, 0.717) is 12.2 Å². The zero-order chi connectivity index (χ0) is 16.9. The number of hydrogen-bond donors (Lipinski definition) is 0. The van der Waals surface area contributed by atoms with E-state index >= 15 is 0 Å². The van der Waals surface area contributed by atoms with Crippen molar-refractivity contribution in [2.24, 2.45) is 0 Å². The summed E-state index contributed by atoms with van der Waals surface area (Å²) in [5.41, 5.74) is 1.48. The molecule has 2 aromatic carbocycles. The van der Waals surface area contributed by atoms with Crippen molar-refractivity contribution in [1.82, 2.24) is 4.90 Å². The summed E-state index contributed by atoms with van der Waals surface area (Å²) in [5.74, 6) is -0.261. The standard InChI is InChI=1S/C17H20N2O3S/c1-18(13-15-9-5-3-6-10-15)17(20)14-19(23(2,21)22)16-11-7-4-8-12-16/h3-12H,13-14H2,1-2H3. The lowest BCUT2D eigenvalue weighted by molar-refractivity contribution is -0.128. The van der Waals surface area contributed by atoms with E-state index in [2.05, 4.69) is 0 Å². The van der Waals surface area contributed by atoms with Crippen LogP contribution < -0.4 is 4.31 Å². The van der Waals surface area contributed by atoms with Gasteiger partial charge in [-0.05, 0) is 17.7 Å². The number of amides is 1. The molecule has 2 aromatic rings. The van der Waals surface area contributed by atoms with Gasteiger partial charge in [-0.2, -0.15) is 0 Å². The molecule has 0 bridgehead atoms. The van der Waals surface area contributed by atoms with Gasteiger partial charge in [0.2, 0.25) is 15.9 Å². The first-order chi connectivity index (χ1) is 10.9. The number of hydrogen-bond acceptors (Lipinski definition) is 3. The number of benzene rings is 2. The second-order valence-electron chi connectivity index (χ2n) is 5.34. The summed E-state index contributed by atoms with van der Waals surface area (Å²) in [4.78, 5) is 13.9. The molecule has 0 saturated carbocycles. The largest absolute Gasteiger partial charge is 0.340 e. The van der Waals surface area contributed by atoms with Crippen molar-refractivity contribution in [3.05, 3.63) is 66.2 Å². The smallest absolute Gasteiger partial charge is 0.243 e. The number of sulfonamides is 1. The minimum atomic E-state index is -3.53. The lowest BCUT2D eigenvalue weighted by atomic mass is 10.2. The van der Waals surface area contributed by atoms with E-state index < -0.39 is 10.0 Å². The minimum absolute atomic E-state index is 0.216. The molecule has 0 radical (unpaired) electrons. The molecular weight excluding hydrogens is 312 g/mol. The van der Waals surface area contributed by atoms with Crippen molar-refractivity contribution in [3.8, 4) is 0 Å². The van der Waals surface area contributed by atoms with E-state index in [1.54, 1.807) is 37.4 Å². The van der Waals surface area contributed by atoms with Gasteiger partial charge in [0.25, 0.3) is 0 Å². The van der Waals surface area contributed by atoms with Crippen LogP contribution in [0, 0.1) is 0 Å². The van der Waals surface area contributed by atoms with Gasteiger partial charge in [-0.25, -0.2) is 8.42 Å². The van der Waals surface area contributed by atoms with E-state index in [-0.39, 0.29) is 12.5 Å². The lowest BCUT2D eigenvalue weighted by Crippen LogP contribution is -2.40. The van der Waals surface area contributed by atoms with Gasteiger partial charge in [0.15, 0.2) is 0 Å². The predicted molar refractivity (Wildman–Crippen MR) is 91.5 cm³/mol. The van der Waals surface area contributed by atoms with Gasteiger partial charge >= 0.3 is 0 Å². The second-order valence-corrected chi connectivity index (χ2v) is 7.25. The molecule has 0 atom stereocenters. The molecule has 0 aliphatic rings. The predicted octanol–water partition coefficient (Wildman–Crippen LogP) is 2.11. The third kappa shape index (κ3) is 4.82. The van der Waals surface area contributed by atoms with Gasteiger partial charge in [-0.15, -0.1) is 0 Å². The number of carbonyl (C=O) groups is 1. The summed E-state index contributed by atoms with van der Waals surface area (Å²) >= 11 is 0. The molecule has 0 aliphatic heterocycles. The zero-order valence-corrected chi connectivity index (χ0v) is 14.0. The normalized spacial score (nSPS) is 11.0. The number of anilines is 1. The molecular formula is C17H20N2O3S. The monoisotopic (exact) mass is 332 g/mol. The molecule has 2 rings (SSSR count). The Kier molecular flexibility index (Phi) is 5.39. The molecule has 122 valence electrons. The number of para-hydroxylation sites is 1. The first kappa shape index (κ1) is 17.0. The van der Waals surface area contributed by atoms with Crippen LogP contribution in [0.1, 0.15) is 5.56 Å². The van der Waals surface area contributed by atoms with Crippen molar-refractivity contribution in [2.75, 3.05) is 24.2 Å². The van der Waals surface area contributed by atoms with Crippen LogP contribution in [0.2, 0.25) is 0 Å². The molecule has 0 N–H and O–H groups in total. The quantitative estimate of drug-likeness (QED) is 0.814. The highest BCUT2D eigenvalue weighted by Gasteiger charge is 2.22. The molecule has 0 saturated heterocycles. The fourth-order valence-corrected chi connectivity index (χ4v) is 3.03. The summed E-state index contributed by atoms with van der Waals surface area (Å²) in [6.07, 6.45) is 1.10. The van der Waals surface area contributed by atoms with E-state index in [1.807, 2.05) is 30.3 Å². The Hall–Kier alpha value is -2.34. The third-order valence-corrected chi connectivity index (χ3v) is 4.55. The zero-order valence-electron chi connectivity index (χ0n) is 13.2. The fraction of sp³-hybridized carbons (Fsp3) is 0.235. The van der Waals surface area contributed by atoms with Crippen LogP contribution in [0.5, 0.6) is 0 Å². The first-order valence-electron chi connectivity index (χ1n) is 7.18. The average molecular weight is 332 g/mol. The van der Waals surface area contributed by atoms with E-state index in [0.717, 1.165) is 16.1 Å². The molecule has 0 aliphatic carbocycles. The third-order valence-electron chi connectivity index (χ3n) is 3.41. The molecule has 0 heterocycles. The molecule has 23 heavy (non-hydrogen) atoms. The molecule has 0 spiro atoms. The Bertz CT molecular complexity index is 746. The number of likely N-dealkylation sites (N-methyl/N-ethyl adjacent to an activating group) is 1. The van der Waals surface area contributed by atoms with Crippen LogP contribution in [-0.4, -0.2) is 39.1 Å². The van der Waals surface area contributed by atoms with Crippen molar-refractivity contribution < 1.29 is 13.2 Å². The molecule has 1 amide bonds. The number of carbonyl (C=O) groups excluding carboxylic acids is 1. The van der Waals surface area contributed by atoms with E-state index in [9.17, 15) is 13.2 Å². The minimum Gasteiger partial charge on any atom is -0.340 e. The summed E-state index contributed by atoms with van der Waals surface area (Å²) in [6, 6.07) is 18.2. The summed E-state index contributed by atoms with van der Waals surface area (Å²) in [6.45, 7) is 0.220. The molecule has 6 heteroatoms. The van der Waals surface area contributed by atoms with Gasteiger partial charge in [-0.1, -0.05) is 48.5 Å². The van der Waals surface area contributed by atoms with Gasteiger partial charge in [-0.3, -0.25) is 9.10 Å². The van der Waals surface area contributed by atoms with Gasteiger partial charge in [0.1, 0.15) is 6.54 Å². The summed E-state index contributed by atoms with van der Waals surface area (Å²) < 4.78 is 25.1. The van der Waals surface area contributed by atoms with Crippen LogP contribution in [-0.2, 0) is 21.4 Å². The van der Waals surface area contributed by atoms with E-state index in [4.69, 9.17) is 0 Å². The highest BCUT2D eigenvalue weighted by molar-refractivity contribution is 7.92. The van der Waals surface area contributed by atoms with Crippen LogP contribution in [0.25, 0.3) is 0 Å². The Labute approximate surface area is 137 Å². The maximum Gasteiger partial charge on any atom is 0.243 e. The van der Waals surface area contributed by atoms with Crippen LogP contribution >= 0.6 is 0 Å². The van der Waals surface area contributed by atoms with Crippen molar-refractivity contribution in [1.29, 1.82) is 0 Å². The SMILES string of the molecule is CN(Cc1ccccc1)C(=O)CN(c1ccccc1)S(C)(=O)=O. The Morgan fingerprint density at radius 2 is 1.48 bits per heavy atom. The van der Waals surface area contributed by atoms with Crippen LogP contribution in [0.4, 0.5) is 5.69 Å². The van der Waals surface area contributed by atoms with Gasteiger partial charge in [0, 0.05) is 13.6 Å². The lowest BCUT2D eigenvalue weighted by Gasteiger charge is -2.25. The topological polar surface area (TPSA) is 57.7 Å². The van der Waals surface area contributed by atoms with Gasteiger partial charge < -0.3 is 4.90 Å². The van der Waals surface area contributed by atoms with E-state index in [1.165, 1.54) is 4.90 Å². The molecule has 5 nitrogen and oxygen atoms in total. The maximum atomic E-state index is 12.4. The average Bonchev–Trinajstić information content (AvgIpc) is 2.53. The van der Waals surface area contributed by atoms with Crippen molar-refractivity contribution in [2.45, 2.75) is 6.54 Å². The molecule has 0 unspecified atom stereocenters. The van der Waals surface area contributed by atoms with Crippen molar-refractivity contribution in [3.63, 3.8) is 0 Å². The maximum absolute atomic E-state index is 12.4. The Morgan fingerprint density at radius 3 is 2.00 bits per heavy atom. The van der Waals surface area contributed by atoms with Gasteiger partial charge in [0.05, 0.1) is 11.9 Å². The highest BCUT2D eigenvalue weighted by Crippen LogP contribution is 2.17. The first-order valence-corrected chi connectivity index (χ1v) is 9.03. The van der Waals surface area contributed by atoms with Crippen LogP contribution in [0.3, 0.4) is 0 Å². The molecule has 0 aromatic heterocycles. The Morgan fingerprint density at radius 1 is 0.957 bits per heavy atom. The highest BCUT2D eigenvalue weighted by atomic mass is 32.2. The number of nitrogens with zero attached hydrogens (tertiary/aromatic N) is 2. The number of rotatable bonds is 6. The van der Waals surface area contributed by atoms with Crippen molar-refractivity contribution >= 4 is 21.6 Å².